The largest absolute Gasteiger partial charge is 0.468 e. The number of sulfonamides is 1. The molecule has 1 aromatic rings. The minimum atomic E-state index is -3.86. The first-order chi connectivity index (χ1) is 14.7. The van der Waals surface area contributed by atoms with Crippen LogP contribution in [0.5, 0.6) is 0 Å². The Hall–Kier alpha value is -2.30. The number of carbonyl (C=O) groups is 3. The molecular weight excluding hydrogens is 434 g/mol. The predicted molar refractivity (Wildman–Crippen MR) is 117 cm³/mol. The van der Waals surface area contributed by atoms with E-state index >= 15 is 0 Å². The second-order valence-corrected chi connectivity index (χ2v) is 11.8. The maximum atomic E-state index is 13.2. The SMILES string of the molecule is COC(=O)[C@]1(C)N[C@H](CN(C)S(=O)(=O)c2ccc(C(C)(C)C)cc2)[C@@H]2C(=O)N(C)C(=O)[C@@H]21. The average molecular weight is 466 g/mol. The molecule has 2 amide bonds. The molecule has 0 saturated carbocycles. The van der Waals surface area contributed by atoms with Crippen LogP contribution in [0, 0.1) is 11.8 Å². The molecule has 0 bridgehead atoms. The Morgan fingerprint density at radius 2 is 1.75 bits per heavy atom. The third kappa shape index (κ3) is 3.74. The molecule has 2 aliphatic heterocycles. The highest BCUT2D eigenvalue weighted by atomic mass is 32.2. The molecule has 10 heteroatoms. The van der Waals surface area contributed by atoms with Crippen molar-refractivity contribution >= 4 is 27.8 Å². The molecule has 1 aromatic carbocycles. The topological polar surface area (TPSA) is 113 Å². The summed E-state index contributed by atoms with van der Waals surface area (Å²) < 4.78 is 32.4. The molecule has 2 saturated heterocycles. The zero-order chi connectivity index (χ0) is 24.2. The van der Waals surface area contributed by atoms with Gasteiger partial charge in [-0.2, -0.15) is 4.31 Å². The smallest absolute Gasteiger partial charge is 0.326 e. The number of ether oxygens (including phenoxy) is 1. The molecule has 0 radical (unpaired) electrons. The van der Waals surface area contributed by atoms with Crippen LogP contribution in [0.25, 0.3) is 0 Å². The number of methoxy groups -OCH3 is 1. The number of imide groups is 1. The normalized spacial score (nSPS) is 28.4. The Morgan fingerprint density at radius 1 is 1.19 bits per heavy atom. The summed E-state index contributed by atoms with van der Waals surface area (Å²) in [6.07, 6.45) is 0. The van der Waals surface area contributed by atoms with Crippen LogP contribution in [-0.2, 0) is 34.6 Å². The quantitative estimate of drug-likeness (QED) is 0.504. The number of benzene rings is 1. The van der Waals surface area contributed by atoms with E-state index in [-0.39, 0.29) is 16.9 Å². The van der Waals surface area contributed by atoms with Crippen molar-refractivity contribution in [2.75, 3.05) is 27.7 Å². The molecule has 176 valence electrons. The summed E-state index contributed by atoms with van der Waals surface area (Å²) in [6, 6.07) is 5.96. The highest BCUT2D eigenvalue weighted by Gasteiger charge is 2.66. The number of carbonyl (C=O) groups excluding carboxylic acids is 3. The van der Waals surface area contributed by atoms with Gasteiger partial charge in [-0.3, -0.25) is 24.6 Å². The lowest BCUT2D eigenvalue weighted by molar-refractivity contribution is -0.152. The Morgan fingerprint density at radius 3 is 2.25 bits per heavy atom. The lowest BCUT2D eigenvalue weighted by Gasteiger charge is -2.29. The minimum absolute atomic E-state index is 0.0933. The van der Waals surface area contributed by atoms with Crippen molar-refractivity contribution in [3.63, 3.8) is 0 Å². The summed E-state index contributed by atoms with van der Waals surface area (Å²) in [5, 5.41) is 3.04. The van der Waals surface area contributed by atoms with Crippen molar-refractivity contribution in [1.29, 1.82) is 0 Å². The molecule has 2 aliphatic rings. The van der Waals surface area contributed by atoms with Crippen molar-refractivity contribution in [1.82, 2.24) is 14.5 Å². The summed E-state index contributed by atoms with van der Waals surface area (Å²) in [5.74, 6) is -3.41. The van der Waals surface area contributed by atoms with E-state index in [9.17, 15) is 22.8 Å². The van der Waals surface area contributed by atoms with Gasteiger partial charge in [0.15, 0.2) is 0 Å². The molecule has 9 nitrogen and oxygen atoms in total. The molecule has 0 spiro atoms. The van der Waals surface area contributed by atoms with Crippen molar-refractivity contribution in [3.8, 4) is 0 Å². The second kappa shape index (κ2) is 7.93. The number of esters is 1. The molecule has 3 rings (SSSR count). The maximum Gasteiger partial charge on any atom is 0.326 e. The van der Waals surface area contributed by atoms with Gasteiger partial charge < -0.3 is 4.74 Å². The zero-order valence-electron chi connectivity index (χ0n) is 19.5. The fourth-order valence-electron chi connectivity index (χ4n) is 4.65. The fraction of sp³-hybridized carbons (Fsp3) is 0.591. The molecular formula is C22H31N3O6S. The van der Waals surface area contributed by atoms with Crippen LogP contribution >= 0.6 is 0 Å². The zero-order valence-corrected chi connectivity index (χ0v) is 20.3. The van der Waals surface area contributed by atoms with Crippen molar-refractivity contribution in [3.05, 3.63) is 29.8 Å². The number of hydrogen-bond acceptors (Lipinski definition) is 7. The first-order valence-corrected chi connectivity index (χ1v) is 11.8. The van der Waals surface area contributed by atoms with E-state index in [1.54, 1.807) is 24.3 Å². The predicted octanol–water partition coefficient (Wildman–Crippen LogP) is 0.739. The van der Waals surface area contributed by atoms with E-state index in [1.165, 1.54) is 28.1 Å². The summed E-state index contributed by atoms with van der Waals surface area (Å²) in [7, 11) is 0.140. The summed E-state index contributed by atoms with van der Waals surface area (Å²) in [4.78, 5) is 39.1. The highest BCUT2D eigenvalue weighted by molar-refractivity contribution is 7.89. The van der Waals surface area contributed by atoms with Gasteiger partial charge in [0, 0.05) is 26.7 Å². The molecule has 32 heavy (non-hydrogen) atoms. The Kier molecular flexibility index (Phi) is 6.03. The van der Waals surface area contributed by atoms with Gasteiger partial charge in [0.1, 0.15) is 5.54 Å². The molecule has 0 aromatic heterocycles. The van der Waals surface area contributed by atoms with Crippen molar-refractivity contribution in [2.45, 2.75) is 49.6 Å². The van der Waals surface area contributed by atoms with Gasteiger partial charge in [-0.1, -0.05) is 32.9 Å². The van der Waals surface area contributed by atoms with Gasteiger partial charge in [0.05, 0.1) is 23.8 Å². The van der Waals surface area contributed by atoms with E-state index in [0.717, 1.165) is 14.8 Å². The van der Waals surface area contributed by atoms with Gasteiger partial charge in [-0.05, 0) is 30.0 Å². The molecule has 0 unspecified atom stereocenters. The van der Waals surface area contributed by atoms with E-state index in [4.69, 9.17) is 4.74 Å². The van der Waals surface area contributed by atoms with Crippen LogP contribution < -0.4 is 5.32 Å². The summed E-state index contributed by atoms with van der Waals surface area (Å²) in [5.41, 5.74) is -0.539. The Bertz CT molecular complexity index is 1050. The van der Waals surface area contributed by atoms with Gasteiger partial charge in [0.2, 0.25) is 21.8 Å². The Labute approximate surface area is 189 Å². The van der Waals surface area contributed by atoms with Crippen LogP contribution in [0.4, 0.5) is 0 Å². The van der Waals surface area contributed by atoms with E-state index in [2.05, 4.69) is 5.32 Å². The average Bonchev–Trinajstić information content (AvgIpc) is 3.15. The van der Waals surface area contributed by atoms with Crippen LogP contribution in [-0.4, -0.2) is 74.7 Å². The van der Waals surface area contributed by atoms with E-state index in [1.807, 2.05) is 20.8 Å². The van der Waals surface area contributed by atoms with Gasteiger partial charge in [-0.25, -0.2) is 8.42 Å². The third-order valence-electron chi connectivity index (χ3n) is 6.60. The van der Waals surface area contributed by atoms with Gasteiger partial charge in [0.25, 0.3) is 0 Å². The maximum absolute atomic E-state index is 13.2. The minimum Gasteiger partial charge on any atom is -0.468 e. The molecule has 4 atom stereocenters. The first kappa shape index (κ1) is 24.3. The van der Waals surface area contributed by atoms with Crippen LogP contribution in [0.3, 0.4) is 0 Å². The highest BCUT2D eigenvalue weighted by Crippen LogP contribution is 2.43. The number of likely N-dealkylation sites (tertiary alicyclic amines) is 1. The van der Waals surface area contributed by atoms with Crippen LogP contribution in [0.15, 0.2) is 29.2 Å². The summed E-state index contributed by atoms with van der Waals surface area (Å²) in [6.45, 7) is 7.55. The third-order valence-corrected chi connectivity index (χ3v) is 8.44. The molecule has 2 heterocycles. The molecule has 0 aliphatic carbocycles. The van der Waals surface area contributed by atoms with Crippen LogP contribution in [0.1, 0.15) is 33.3 Å². The van der Waals surface area contributed by atoms with Crippen LogP contribution in [0.2, 0.25) is 0 Å². The number of rotatable bonds is 5. The molecule has 1 N–H and O–H groups in total. The van der Waals surface area contributed by atoms with Crippen molar-refractivity contribution in [2.24, 2.45) is 11.8 Å². The second-order valence-electron chi connectivity index (χ2n) is 9.74. The van der Waals surface area contributed by atoms with E-state index < -0.39 is 51.2 Å². The number of amides is 2. The monoisotopic (exact) mass is 465 g/mol. The number of nitrogens with one attached hydrogen (secondary N) is 1. The number of fused-ring (bicyclic) bond motifs is 1. The lowest BCUT2D eigenvalue weighted by atomic mass is 9.81. The standard InChI is InChI=1S/C22H31N3O6S/c1-21(2,3)13-8-10-14(11-9-13)32(29,30)24(5)12-15-16-17(19(27)25(6)18(16)26)22(4,23-15)20(28)31-7/h8-11,15-17,23H,12H2,1-7H3/t15-,16+,17-,22-/m1/s1. The number of hydrogen-bond donors (Lipinski definition) is 1. The lowest BCUT2D eigenvalue weighted by Crippen LogP contribution is -2.56. The Balaban J connectivity index is 1.89. The first-order valence-electron chi connectivity index (χ1n) is 10.4. The van der Waals surface area contributed by atoms with Gasteiger partial charge in [-0.15, -0.1) is 0 Å². The number of likely N-dealkylation sites (N-methyl/N-ethyl adjacent to an activating group) is 1. The fourth-order valence-corrected chi connectivity index (χ4v) is 5.85. The summed E-state index contributed by atoms with van der Waals surface area (Å²) >= 11 is 0. The van der Waals surface area contributed by atoms with Crippen molar-refractivity contribution < 1.29 is 27.5 Å². The molecule has 2 fully saturated rings. The van der Waals surface area contributed by atoms with E-state index in [0.29, 0.717) is 0 Å². The van der Waals surface area contributed by atoms with Gasteiger partial charge >= 0.3 is 5.97 Å². The number of nitrogens with zero attached hydrogens (tertiary/aromatic N) is 2.